The number of pyridine rings is 1. The molecule has 0 aliphatic carbocycles. The largest absolute Gasteiger partial charge is 0.469 e. The van der Waals surface area contributed by atoms with Gasteiger partial charge in [0.1, 0.15) is 5.69 Å². The first-order valence-corrected chi connectivity index (χ1v) is 7.88. The zero-order chi connectivity index (χ0) is 18.0. The third-order valence-corrected chi connectivity index (χ3v) is 4.12. The van der Waals surface area contributed by atoms with E-state index in [-0.39, 0.29) is 30.2 Å². The van der Waals surface area contributed by atoms with Crippen molar-refractivity contribution in [3.63, 3.8) is 0 Å². The number of halogens is 1. The normalized spacial score (nSPS) is 10.8. The number of esters is 1. The molecular weight excluding hydrogens is 344 g/mol. The van der Waals surface area contributed by atoms with E-state index >= 15 is 0 Å². The van der Waals surface area contributed by atoms with Crippen molar-refractivity contribution in [3.05, 3.63) is 64.1 Å². The number of hydrogen-bond acceptors (Lipinski definition) is 5. The Morgan fingerprint density at radius 3 is 2.80 bits per heavy atom. The molecule has 0 saturated carbocycles. The number of nitrogens with zero attached hydrogens (tertiary/aromatic N) is 1. The summed E-state index contributed by atoms with van der Waals surface area (Å²) < 4.78 is 4.73. The molecule has 0 unspecified atom stereocenters. The van der Waals surface area contributed by atoms with Crippen LogP contribution in [-0.4, -0.2) is 33.9 Å². The van der Waals surface area contributed by atoms with Crippen LogP contribution in [0, 0.1) is 0 Å². The third-order valence-electron chi connectivity index (χ3n) is 3.88. The molecule has 0 amide bonds. The summed E-state index contributed by atoms with van der Waals surface area (Å²) in [7, 11) is 1.29. The molecular formula is C18H15ClN2O4. The number of aliphatic hydroxyl groups excluding tert-OH is 1. The zero-order valence-corrected chi connectivity index (χ0v) is 14.1. The Morgan fingerprint density at radius 1 is 1.28 bits per heavy atom. The number of ketones is 1. The van der Waals surface area contributed by atoms with Crippen LogP contribution in [0.25, 0.3) is 10.9 Å². The Labute approximate surface area is 148 Å². The Kier molecular flexibility index (Phi) is 4.83. The van der Waals surface area contributed by atoms with E-state index in [1.807, 2.05) is 0 Å². The van der Waals surface area contributed by atoms with Gasteiger partial charge in [-0.3, -0.25) is 14.6 Å². The van der Waals surface area contributed by atoms with E-state index in [1.54, 1.807) is 24.3 Å². The number of aliphatic hydroxyl groups is 1. The van der Waals surface area contributed by atoms with Crippen molar-refractivity contribution < 1.29 is 19.4 Å². The van der Waals surface area contributed by atoms with Gasteiger partial charge >= 0.3 is 5.97 Å². The van der Waals surface area contributed by atoms with Gasteiger partial charge in [0, 0.05) is 27.7 Å². The van der Waals surface area contributed by atoms with E-state index in [9.17, 15) is 14.7 Å². The highest BCUT2D eigenvalue weighted by atomic mass is 35.5. The van der Waals surface area contributed by atoms with Crippen molar-refractivity contribution in [2.75, 3.05) is 7.11 Å². The average molecular weight is 359 g/mol. The number of carbonyl (C=O) groups is 2. The van der Waals surface area contributed by atoms with Crippen LogP contribution in [-0.2, 0) is 22.6 Å². The Balaban J connectivity index is 2.14. The van der Waals surface area contributed by atoms with Gasteiger partial charge in [0.2, 0.25) is 5.78 Å². The van der Waals surface area contributed by atoms with Crippen molar-refractivity contribution in [1.29, 1.82) is 0 Å². The second kappa shape index (κ2) is 7.04. The first-order valence-electron chi connectivity index (χ1n) is 7.51. The molecule has 0 bridgehead atoms. The Hall–Kier alpha value is -2.70. The molecule has 0 saturated heterocycles. The van der Waals surface area contributed by atoms with Gasteiger partial charge in [-0.05, 0) is 35.9 Å². The predicted molar refractivity (Wildman–Crippen MR) is 92.6 cm³/mol. The van der Waals surface area contributed by atoms with Gasteiger partial charge in [0.05, 0.1) is 25.8 Å². The number of benzene rings is 1. The summed E-state index contributed by atoms with van der Waals surface area (Å²) in [6.07, 6.45) is 1.38. The molecule has 1 aromatic carbocycles. The maximum Gasteiger partial charge on any atom is 0.310 e. The molecule has 3 aromatic rings. The summed E-state index contributed by atoms with van der Waals surface area (Å²) in [4.78, 5) is 31.8. The van der Waals surface area contributed by atoms with Crippen molar-refractivity contribution >= 4 is 34.3 Å². The van der Waals surface area contributed by atoms with E-state index in [1.165, 1.54) is 19.4 Å². The minimum atomic E-state index is -0.466. The molecule has 2 N–H and O–H groups in total. The molecule has 128 valence electrons. The second-order valence-electron chi connectivity index (χ2n) is 5.46. The highest BCUT2D eigenvalue weighted by Gasteiger charge is 2.22. The lowest BCUT2D eigenvalue weighted by molar-refractivity contribution is -0.139. The number of ether oxygens (including phenoxy) is 1. The number of nitrogens with one attached hydrogen (secondary N) is 1. The van der Waals surface area contributed by atoms with Crippen molar-refractivity contribution in [3.8, 4) is 0 Å². The number of fused-ring (bicyclic) bond motifs is 1. The van der Waals surface area contributed by atoms with Crippen LogP contribution in [0.5, 0.6) is 0 Å². The molecule has 2 aromatic heterocycles. The van der Waals surface area contributed by atoms with Crippen molar-refractivity contribution in [2.24, 2.45) is 0 Å². The number of hydrogen-bond donors (Lipinski definition) is 2. The fourth-order valence-corrected chi connectivity index (χ4v) is 2.81. The summed E-state index contributed by atoms with van der Waals surface area (Å²) in [6.45, 7) is -0.194. The topological polar surface area (TPSA) is 92.3 Å². The molecule has 3 rings (SSSR count). The lowest BCUT2D eigenvalue weighted by atomic mass is 10.0. The highest BCUT2D eigenvalue weighted by molar-refractivity contribution is 6.31. The minimum Gasteiger partial charge on any atom is -0.469 e. The van der Waals surface area contributed by atoms with Gasteiger partial charge in [0.25, 0.3) is 0 Å². The van der Waals surface area contributed by atoms with Gasteiger partial charge < -0.3 is 14.8 Å². The highest BCUT2D eigenvalue weighted by Crippen LogP contribution is 2.28. The Bertz CT molecular complexity index is 965. The number of methoxy groups -OCH3 is 1. The number of aromatic nitrogens is 2. The van der Waals surface area contributed by atoms with Crippen LogP contribution in [0.3, 0.4) is 0 Å². The fraction of sp³-hybridized carbons (Fsp3) is 0.167. The standard InChI is InChI=1S/C18H15ClN2O4/c1-25-16(23)8-13-12-7-11(19)2-3-14(12)21-17(13)18(24)15-6-10(9-22)4-5-20-15/h2-7,21-22H,8-9H2,1H3. The average Bonchev–Trinajstić information content (AvgIpc) is 2.98. The molecule has 7 heteroatoms. The maximum absolute atomic E-state index is 12.9. The summed E-state index contributed by atoms with van der Waals surface area (Å²) >= 11 is 6.05. The number of aromatic amines is 1. The number of carbonyl (C=O) groups excluding carboxylic acids is 2. The third kappa shape index (κ3) is 3.40. The van der Waals surface area contributed by atoms with Gasteiger partial charge in [-0.2, -0.15) is 0 Å². The smallest absolute Gasteiger partial charge is 0.310 e. The van der Waals surface area contributed by atoms with Crippen LogP contribution in [0.2, 0.25) is 5.02 Å². The quantitative estimate of drug-likeness (QED) is 0.540. The van der Waals surface area contributed by atoms with Crippen molar-refractivity contribution in [2.45, 2.75) is 13.0 Å². The van der Waals surface area contributed by atoms with Crippen LogP contribution in [0.1, 0.15) is 27.3 Å². The zero-order valence-electron chi connectivity index (χ0n) is 13.4. The van der Waals surface area contributed by atoms with Gasteiger partial charge in [0.15, 0.2) is 0 Å². The molecule has 0 spiro atoms. The van der Waals surface area contributed by atoms with E-state index < -0.39 is 5.97 Å². The van der Waals surface area contributed by atoms with E-state index in [2.05, 4.69) is 9.97 Å². The molecule has 0 radical (unpaired) electrons. The van der Waals surface area contributed by atoms with Crippen LogP contribution >= 0.6 is 11.6 Å². The lowest BCUT2D eigenvalue weighted by Gasteiger charge is -2.04. The fourth-order valence-electron chi connectivity index (χ4n) is 2.64. The maximum atomic E-state index is 12.9. The molecule has 2 heterocycles. The van der Waals surface area contributed by atoms with Crippen molar-refractivity contribution in [1.82, 2.24) is 9.97 Å². The molecule has 0 aliphatic heterocycles. The van der Waals surface area contributed by atoms with Crippen LogP contribution in [0.4, 0.5) is 0 Å². The number of rotatable bonds is 5. The first-order chi connectivity index (χ1) is 12.0. The molecule has 6 nitrogen and oxygen atoms in total. The lowest BCUT2D eigenvalue weighted by Crippen LogP contribution is -2.11. The predicted octanol–water partition coefficient (Wildman–Crippen LogP) is 2.66. The number of H-pyrrole nitrogens is 1. The van der Waals surface area contributed by atoms with E-state index in [0.717, 1.165) is 0 Å². The molecule has 0 atom stereocenters. The molecule has 0 fully saturated rings. The summed E-state index contributed by atoms with van der Waals surface area (Å²) in [5, 5.41) is 10.4. The van der Waals surface area contributed by atoms with Crippen LogP contribution in [0.15, 0.2) is 36.5 Å². The van der Waals surface area contributed by atoms with Crippen LogP contribution < -0.4 is 0 Å². The second-order valence-corrected chi connectivity index (χ2v) is 5.89. The van der Waals surface area contributed by atoms with E-state index in [4.69, 9.17) is 16.3 Å². The molecule has 0 aliphatic rings. The molecule has 25 heavy (non-hydrogen) atoms. The van der Waals surface area contributed by atoms with Gasteiger partial charge in [-0.15, -0.1) is 0 Å². The minimum absolute atomic E-state index is 0.0718. The SMILES string of the molecule is COC(=O)Cc1c(C(=O)c2cc(CO)ccn2)[nH]c2ccc(Cl)cc12. The summed E-state index contributed by atoms with van der Waals surface area (Å²) in [5.74, 6) is -0.839. The first kappa shape index (κ1) is 17.1. The monoisotopic (exact) mass is 358 g/mol. The van der Waals surface area contributed by atoms with Gasteiger partial charge in [-0.1, -0.05) is 11.6 Å². The Morgan fingerprint density at radius 2 is 2.08 bits per heavy atom. The summed E-state index contributed by atoms with van der Waals surface area (Å²) in [6, 6.07) is 8.27. The van der Waals surface area contributed by atoms with Gasteiger partial charge in [-0.25, -0.2) is 0 Å². The summed E-state index contributed by atoms with van der Waals surface area (Å²) in [5.41, 5.74) is 2.20. The van der Waals surface area contributed by atoms with E-state index in [0.29, 0.717) is 27.1 Å².